The van der Waals surface area contributed by atoms with E-state index in [2.05, 4.69) is 5.32 Å². The molecular formula is C18H25FN2O4S. The molecule has 0 radical (unpaired) electrons. The molecule has 2 amide bonds. The van der Waals surface area contributed by atoms with Crippen LogP contribution in [0.25, 0.3) is 0 Å². The fourth-order valence-electron chi connectivity index (χ4n) is 3.11. The van der Waals surface area contributed by atoms with Gasteiger partial charge in [0.1, 0.15) is 11.6 Å². The normalized spacial score (nSPS) is 15.7. The minimum atomic E-state index is -3.49. The summed E-state index contributed by atoms with van der Waals surface area (Å²) < 4.78 is 37.7. The lowest BCUT2D eigenvalue weighted by Crippen LogP contribution is -2.44. The van der Waals surface area contributed by atoms with E-state index in [1.165, 1.54) is 13.1 Å². The average Bonchev–Trinajstić information content (AvgIpc) is 2.62. The Morgan fingerprint density at radius 3 is 2.50 bits per heavy atom. The Morgan fingerprint density at radius 1 is 1.27 bits per heavy atom. The maximum Gasteiger partial charge on any atom is 0.234 e. The second kappa shape index (κ2) is 8.62. The first-order valence-electron chi connectivity index (χ1n) is 8.68. The Labute approximate surface area is 153 Å². The molecule has 1 aromatic carbocycles. The van der Waals surface area contributed by atoms with Crippen molar-refractivity contribution in [3.63, 3.8) is 0 Å². The van der Waals surface area contributed by atoms with Gasteiger partial charge in [0.15, 0.2) is 9.84 Å². The van der Waals surface area contributed by atoms with Crippen LogP contribution in [0.1, 0.15) is 30.4 Å². The summed E-state index contributed by atoms with van der Waals surface area (Å²) in [6, 6.07) is 4.81. The lowest BCUT2D eigenvalue weighted by molar-refractivity contribution is -0.132. The molecule has 0 spiro atoms. The SMILES string of the molecule is CNC(=O)CS(=O)(=O)C1CCN(C(=O)CCc2ccc(F)c(C)c2)CC1. The van der Waals surface area contributed by atoms with Crippen LogP contribution in [-0.4, -0.2) is 56.3 Å². The molecule has 6 nitrogen and oxygen atoms in total. The number of hydrogen-bond donors (Lipinski definition) is 1. The van der Waals surface area contributed by atoms with E-state index >= 15 is 0 Å². The fourth-order valence-corrected chi connectivity index (χ4v) is 4.78. The number of benzene rings is 1. The van der Waals surface area contributed by atoms with Crippen molar-refractivity contribution >= 4 is 21.7 Å². The summed E-state index contributed by atoms with van der Waals surface area (Å²) in [7, 11) is -2.09. The van der Waals surface area contributed by atoms with Gasteiger partial charge in [0.25, 0.3) is 0 Å². The molecule has 0 unspecified atom stereocenters. The van der Waals surface area contributed by atoms with Crippen molar-refractivity contribution in [2.75, 3.05) is 25.9 Å². The molecule has 26 heavy (non-hydrogen) atoms. The summed E-state index contributed by atoms with van der Waals surface area (Å²) >= 11 is 0. The first kappa shape index (κ1) is 20.4. The van der Waals surface area contributed by atoms with Gasteiger partial charge in [-0.2, -0.15) is 0 Å². The van der Waals surface area contributed by atoms with E-state index in [0.717, 1.165) is 5.56 Å². The smallest absolute Gasteiger partial charge is 0.234 e. The van der Waals surface area contributed by atoms with Crippen LogP contribution in [-0.2, 0) is 25.8 Å². The highest BCUT2D eigenvalue weighted by molar-refractivity contribution is 7.92. The molecule has 0 aliphatic carbocycles. The molecule has 144 valence electrons. The maximum absolute atomic E-state index is 13.3. The van der Waals surface area contributed by atoms with Crippen molar-refractivity contribution < 1.29 is 22.4 Å². The zero-order chi connectivity index (χ0) is 19.3. The van der Waals surface area contributed by atoms with Gasteiger partial charge in [0, 0.05) is 26.6 Å². The first-order chi connectivity index (χ1) is 12.2. The highest BCUT2D eigenvalue weighted by atomic mass is 32.2. The van der Waals surface area contributed by atoms with Crippen LogP contribution in [0.5, 0.6) is 0 Å². The van der Waals surface area contributed by atoms with Gasteiger partial charge in [-0.05, 0) is 43.4 Å². The topological polar surface area (TPSA) is 83.6 Å². The number of carbonyl (C=O) groups excluding carboxylic acids is 2. The van der Waals surface area contributed by atoms with Gasteiger partial charge in [-0.1, -0.05) is 12.1 Å². The van der Waals surface area contributed by atoms with E-state index in [-0.39, 0.29) is 11.7 Å². The summed E-state index contributed by atoms with van der Waals surface area (Å²) in [6.45, 7) is 2.43. The van der Waals surface area contributed by atoms with Gasteiger partial charge in [-0.15, -0.1) is 0 Å². The molecule has 0 bridgehead atoms. The molecule has 1 aliphatic rings. The number of sulfone groups is 1. The second-order valence-corrected chi connectivity index (χ2v) is 8.93. The van der Waals surface area contributed by atoms with Crippen LogP contribution in [0.2, 0.25) is 0 Å². The Balaban J connectivity index is 1.84. The molecule has 1 saturated heterocycles. The lowest BCUT2D eigenvalue weighted by atomic mass is 10.1. The van der Waals surface area contributed by atoms with Crippen LogP contribution in [0.15, 0.2) is 18.2 Å². The maximum atomic E-state index is 13.3. The molecule has 2 rings (SSSR count). The summed E-state index contributed by atoms with van der Waals surface area (Å²) in [4.78, 5) is 25.3. The molecule has 0 saturated carbocycles. The highest BCUT2D eigenvalue weighted by Crippen LogP contribution is 2.20. The number of rotatable bonds is 6. The number of nitrogens with one attached hydrogen (secondary N) is 1. The van der Waals surface area contributed by atoms with E-state index in [1.807, 2.05) is 0 Å². The van der Waals surface area contributed by atoms with Crippen molar-refractivity contribution in [3.8, 4) is 0 Å². The third kappa shape index (κ3) is 5.27. The van der Waals surface area contributed by atoms with Crippen LogP contribution in [0, 0.1) is 12.7 Å². The summed E-state index contributed by atoms with van der Waals surface area (Å²) in [5.74, 6) is -1.32. The van der Waals surface area contributed by atoms with Gasteiger partial charge in [0.05, 0.1) is 5.25 Å². The van der Waals surface area contributed by atoms with Gasteiger partial charge < -0.3 is 10.2 Å². The van der Waals surface area contributed by atoms with E-state index in [9.17, 15) is 22.4 Å². The molecule has 1 aliphatic heterocycles. The van der Waals surface area contributed by atoms with Crippen molar-refractivity contribution in [3.05, 3.63) is 35.1 Å². The molecule has 1 N–H and O–H groups in total. The summed E-state index contributed by atoms with van der Waals surface area (Å²) in [5, 5.41) is 1.74. The predicted molar refractivity (Wildman–Crippen MR) is 96.9 cm³/mol. The van der Waals surface area contributed by atoms with E-state index in [4.69, 9.17) is 0 Å². The van der Waals surface area contributed by atoms with E-state index in [0.29, 0.717) is 44.3 Å². The fraction of sp³-hybridized carbons (Fsp3) is 0.556. The third-order valence-electron chi connectivity index (χ3n) is 4.76. The predicted octanol–water partition coefficient (Wildman–Crippen LogP) is 1.22. The van der Waals surface area contributed by atoms with Crippen LogP contribution < -0.4 is 5.32 Å². The molecule has 0 atom stereocenters. The van der Waals surface area contributed by atoms with Gasteiger partial charge in [0.2, 0.25) is 11.8 Å². The molecule has 1 fully saturated rings. The number of carbonyl (C=O) groups is 2. The number of aryl methyl sites for hydroxylation is 2. The van der Waals surface area contributed by atoms with E-state index < -0.39 is 26.7 Å². The van der Waals surface area contributed by atoms with Crippen molar-refractivity contribution in [2.24, 2.45) is 0 Å². The number of amides is 2. The third-order valence-corrected chi connectivity index (χ3v) is 6.92. The Kier molecular flexibility index (Phi) is 6.75. The molecule has 8 heteroatoms. The standard InChI is InChI=1S/C18H25FN2O4S/c1-13-11-14(3-5-16(13)19)4-6-18(23)21-9-7-15(8-10-21)26(24,25)12-17(22)20-2/h3,5,11,15H,4,6-10,12H2,1-2H3,(H,20,22). The van der Waals surface area contributed by atoms with Crippen LogP contribution >= 0.6 is 0 Å². The molecule has 1 aromatic rings. The van der Waals surface area contributed by atoms with Gasteiger partial charge >= 0.3 is 0 Å². The van der Waals surface area contributed by atoms with Crippen molar-refractivity contribution in [1.29, 1.82) is 0 Å². The first-order valence-corrected chi connectivity index (χ1v) is 10.4. The lowest BCUT2D eigenvalue weighted by Gasteiger charge is -2.31. The Morgan fingerprint density at radius 2 is 1.92 bits per heavy atom. The zero-order valence-electron chi connectivity index (χ0n) is 15.1. The number of piperidine rings is 1. The van der Waals surface area contributed by atoms with E-state index in [1.54, 1.807) is 24.0 Å². The Hall–Kier alpha value is -1.96. The number of hydrogen-bond acceptors (Lipinski definition) is 4. The summed E-state index contributed by atoms with van der Waals surface area (Å²) in [5.41, 5.74) is 1.46. The molecule has 0 aromatic heterocycles. The number of halogens is 1. The van der Waals surface area contributed by atoms with Crippen LogP contribution in [0.3, 0.4) is 0 Å². The van der Waals surface area contributed by atoms with Gasteiger partial charge in [-0.25, -0.2) is 12.8 Å². The average molecular weight is 384 g/mol. The zero-order valence-corrected chi connectivity index (χ0v) is 15.9. The minimum Gasteiger partial charge on any atom is -0.358 e. The van der Waals surface area contributed by atoms with Crippen molar-refractivity contribution in [1.82, 2.24) is 10.2 Å². The Bertz CT molecular complexity index is 771. The monoisotopic (exact) mass is 384 g/mol. The molecular weight excluding hydrogens is 359 g/mol. The van der Waals surface area contributed by atoms with Gasteiger partial charge in [-0.3, -0.25) is 9.59 Å². The number of likely N-dealkylation sites (tertiary alicyclic amines) is 1. The largest absolute Gasteiger partial charge is 0.358 e. The summed E-state index contributed by atoms with van der Waals surface area (Å²) in [6.07, 6.45) is 1.52. The minimum absolute atomic E-state index is 0.0332. The number of nitrogens with zero attached hydrogens (tertiary/aromatic N) is 1. The van der Waals surface area contributed by atoms with Crippen LogP contribution in [0.4, 0.5) is 4.39 Å². The highest BCUT2D eigenvalue weighted by Gasteiger charge is 2.32. The molecule has 1 heterocycles. The van der Waals surface area contributed by atoms with Crippen molar-refractivity contribution in [2.45, 2.75) is 37.9 Å². The second-order valence-electron chi connectivity index (χ2n) is 6.64. The quantitative estimate of drug-likeness (QED) is 0.799.